The molecule has 3 aliphatic rings. The summed E-state index contributed by atoms with van der Waals surface area (Å²) in [6, 6.07) is 0. The van der Waals surface area contributed by atoms with Crippen molar-refractivity contribution in [3.63, 3.8) is 0 Å². The van der Waals surface area contributed by atoms with Crippen LogP contribution in [-0.2, 0) is 14.3 Å². The van der Waals surface area contributed by atoms with Gasteiger partial charge >= 0.3 is 5.97 Å². The molecule has 0 radical (unpaired) electrons. The van der Waals surface area contributed by atoms with Gasteiger partial charge in [-0.2, -0.15) is 0 Å². The topological polar surface area (TPSA) is 95.1 Å². The number of esters is 1. The fourth-order valence-corrected chi connectivity index (χ4v) is 4.59. The molecule has 2 bridgehead atoms. The molecule has 5 nitrogen and oxygen atoms in total. The van der Waals surface area contributed by atoms with Crippen LogP contribution >= 0.6 is 0 Å². The normalized spacial score (nSPS) is 45.5. The van der Waals surface area contributed by atoms with Crippen molar-refractivity contribution in [3.8, 4) is 0 Å². The van der Waals surface area contributed by atoms with Gasteiger partial charge in [-0.1, -0.05) is 19.1 Å². The molecule has 0 heterocycles. The summed E-state index contributed by atoms with van der Waals surface area (Å²) in [6.07, 6.45) is 6.53. The fraction of sp³-hybridized carbons (Fsp3) is 0.733. The average Bonchev–Trinajstić information content (AvgIpc) is 2.49. The number of hydrogen-bond donors (Lipinski definition) is 1. The second-order valence-corrected chi connectivity index (χ2v) is 6.48. The summed E-state index contributed by atoms with van der Waals surface area (Å²) in [6.45, 7) is 3.38. The summed E-state index contributed by atoms with van der Waals surface area (Å²) in [5, 5.41) is 10.9. The summed E-state index contributed by atoms with van der Waals surface area (Å²) >= 11 is 0. The highest BCUT2D eigenvalue weighted by Crippen LogP contribution is 2.68. The number of rotatable bonds is 1. The van der Waals surface area contributed by atoms with Crippen molar-refractivity contribution in [2.45, 2.75) is 57.7 Å². The quantitative estimate of drug-likeness (QED) is 0.571. The molecular formula is C15H22O5. The fourth-order valence-electron chi connectivity index (χ4n) is 4.59. The largest absolute Gasteiger partial charge is 0.454 e. The van der Waals surface area contributed by atoms with Crippen LogP contribution in [0, 0.1) is 10.8 Å². The Balaban J connectivity index is 0.00000147. The summed E-state index contributed by atoms with van der Waals surface area (Å²) in [4.78, 5) is 23.6. The van der Waals surface area contributed by atoms with Crippen LogP contribution in [0.5, 0.6) is 0 Å². The van der Waals surface area contributed by atoms with E-state index in [0.717, 1.165) is 12.8 Å². The minimum absolute atomic E-state index is 0. The number of ketones is 1. The summed E-state index contributed by atoms with van der Waals surface area (Å²) in [5.74, 6) is -0.564. The molecule has 3 rings (SSSR count). The van der Waals surface area contributed by atoms with Gasteiger partial charge in [-0.25, -0.2) is 0 Å². The van der Waals surface area contributed by atoms with Crippen LogP contribution in [0.4, 0.5) is 0 Å². The van der Waals surface area contributed by atoms with Gasteiger partial charge in [0.15, 0.2) is 11.9 Å². The highest BCUT2D eigenvalue weighted by atomic mass is 16.5. The minimum atomic E-state index is -0.939. The highest BCUT2D eigenvalue weighted by molar-refractivity contribution is 5.89. The summed E-state index contributed by atoms with van der Waals surface area (Å²) < 4.78 is 5.35. The van der Waals surface area contributed by atoms with Gasteiger partial charge in [0.05, 0.1) is 5.60 Å². The lowest BCUT2D eigenvalue weighted by molar-refractivity contribution is -0.191. The Morgan fingerprint density at radius 2 is 2.10 bits per heavy atom. The van der Waals surface area contributed by atoms with Crippen LogP contribution in [0.3, 0.4) is 0 Å². The van der Waals surface area contributed by atoms with Crippen molar-refractivity contribution < 1.29 is 24.9 Å². The smallest absolute Gasteiger partial charge is 0.303 e. The van der Waals surface area contributed by atoms with Gasteiger partial charge in [-0.15, -0.1) is 0 Å². The third-order valence-corrected chi connectivity index (χ3v) is 5.74. The van der Waals surface area contributed by atoms with E-state index in [-0.39, 0.29) is 23.1 Å². The van der Waals surface area contributed by atoms with E-state index in [1.165, 1.54) is 6.92 Å². The summed E-state index contributed by atoms with van der Waals surface area (Å²) in [5.41, 5.74) is -1.82. The van der Waals surface area contributed by atoms with E-state index >= 15 is 0 Å². The molecule has 0 amide bonds. The van der Waals surface area contributed by atoms with Crippen LogP contribution in [0.2, 0.25) is 0 Å². The minimum Gasteiger partial charge on any atom is -0.454 e. The first-order valence-corrected chi connectivity index (χ1v) is 6.95. The molecule has 112 valence electrons. The zero-order chi connectivity index (χ0) is 13.9. The van der Waals surface area contributed by atoms with Crippen LogP contribution in [0.1, 0.15) is 46.0 Å². The van der Waals surface area contributed by atoms with E-state index in [2.05, 4.69) is 6.08 Å². The van der Waals surface area contributed by atoms with Gasteiger partial charge in [0.2, 0.25) is 0 Å². The number of allylic oxidation sites excluding steroid dienone is 1. The average molecular weight is 282 g/mol. The lowest BCUT2D eigenvalue weighted by atomic mass is 9.50. The van der Waals surface area contributed by atoms with E-state index < -0.39 is 23.1 Å². The van der Waals surface area contributed by atoms with Crippen molar-refractivity contribution >= 4 is 11.8 Å². The van der Waals surface area contributed by atoms with E-state index in [1.807, 2.05) is 13.0 Å². The maximum absolute atomic E-state index is 12.3. The number of aliphatic hydroxyl groups is 1. The molecule has 2 fully saturated rings. The number of carbonyl (C=O) groups excluding carboxylic acids is 2. The van der Waals surface area contributed by atoms with Crippen molar-refractivity contribution in [1.29, 1.82) is 0 Å². The maximum atomic E-state index is 12.3. The van der Waals surface area contributed by atoms with Gasteiger partial charge < -0.3 is 15.3 Å². The number of carbonyl (C=O) groups is 2. The first-order valence-electron chi connectivity index (χ1n) is 6.95. The Hall–Kier alpha value is -1.20. The SMILES string of the molecule is CC(=O)O[C@H]1C(=O)C[C@@]2(O)CC[C@@]13C=CCC[C@@]23C.O. The second-order valence-electron chi connectivity index (χ2n) is 6.48. The Morgan fingerprint density at radius 1 is 1.40 bits per heavy atom. The van der Waals surface area contributed by atoms with Crippen LogP contribution in [0.15, 0.2) is 12.2 Å². The molecule has 0 aliphatic heterocycles. The van der Waals surface area contributed by atoms with Crippen molar-refractivity contribution in [1.82, 2.24) is 0 Å². The Kier molecular flexibility index (Phi) is 3.34. The van der Waals surface area contributed by atoms with E-state index in [4.69, 9.17) is 4.74 Å². The maximum Gasteiger partial charge on any atom is 0.303 e. The molecule has 2 saturated carbocycles. The van der Waals surface area contributed by atoms with Gasteiger partial charge in [-0.3, -0.25) is 9.59 Å². The van der Waals surface area contributed by atoms with E-state index in [1.54, 1.807) is 0 Å². The molecule has 0 aromatic heterocycles. The first kappa shape index (κ1) is 15.2. The molecule has 20 heavy (non-hydrogen) atoms. The molecular weight excluding hydrogens is 260 g/mol. The molecule has 0 spiro atoms. The van der Waals surface area contributed by atoms with E-state index in [9.17, 15) is 14.7 Å². The second kappa shape index (κ2) is 4.40. The Labute approximate surface area is 118 Å². The standard InChI is InChI=1S/C15H20O4.H2O/c1-10(16)19-12-11(17)9-15(18)8-7-14(12)6-4-3-5-13(14,15)2;/h4,6,12,18H,3,5,7-9H2,1-2H3;1H2/t12-,13+,14-,15-;/m0./s1. The van der Waals surface area contributed by atoms with Crippen LogP contribution in [0.25, 0.3) is 0 Å². The van der Waals surface area contributed by atoms with Gasteiger partial charge in [0.1, 0.15) is 0 Å². The van der Waals surface area contributed by atoms with E-state index in [0.29, 0.717) is 12.8 Å². The molecule has 0 aromatic rings. The van der Waals surface area contributed by atoms with Gasteiger partial charge in [0, 0.05) is 24.2 Å². The third-order valence-electron chi connectivity index (χ3n) is 5.74. The molecule has 3 N–H and O–H groups in total. The summed E-state index contributed by atoms with van der Waals surface area (Å²) in [7, 11) is 0. The lowest BCUT2D eigenvalue weighted by Gasteiger charge is -2.56. The van der Waals surface area contributed by atoms with Crippen molar-refractivity contribution in [2.75, 3.05) is 0 Å². The predicted octanol–water partition coefficient (Wildman–Crippen LogP) is 0.934. The first-order chi connectivity index (χ1) is 8.85. The molecule has 0 saturated heterocycles. The van der Waals surface area contributed by atoms with Gasteiger partial charge in [0.25, 0.3) is 0 Å². The van der Waals surface area contributed by atoms with Crippen LogP contribution in [-0.4, -0.2) is 34.0 Å². The Morgan fingerprint density at radius 3 is 2.75 bits per heavy atom. The zero-order valence-electron chi connectivity index (χ0n) is 11.9. The molecule has 3 aliphatic carbocycles. The lowest BCUT2D eigenvalue weighted by Crippen LogP contribution is -2.63. The monoisotopic (exact) mass is 282 g/mol. The number of ether oxygens (including phenoxy) is 1. The number of hydrogen-bond acceptors (Lipinski definition) is 4. The highest BCUT2D eigenvalue weighted by Gasteiger charge is 2.72. The van der Waals surface area contributed by atoms with Crippen molar-refractivity contribution in [2.24, 2.45) is 10.8 Å². The molecule has 0 aromatic carbocycles. The third kappa shape index (κ3) is 1.56. The predicted molar refractivity (Wildman–Crippen MR) is 71.9 cm³/mol. The number of Topliss-reactive ketones (excluding diaryl/α,β-unsaturated/α-hetero) is 1. The molecule has 5 heteroatoms. The van der Waals surface area contributed by atoms with Gasteiger partial charge in [-0.05, 0) is 25.7 Å². The zero-order valence-corrected chi connectivity index (χ0v) is 11.9. The van der Waals surface area contributed by atoms with Crippen molar-refractivity contribution in [3.05, 3.63) is 12.2 Å². The van der Waals surface area contributed by atoms with Crippen LogP contribution < -0.4 is 0 Å². The molecule has 4 atom stereocenters. The Bertz CT molecular complexity index is 485. The molecule has 0 unspecified atom stereocenters.